The average Bonchev–Trinajstić information content (AvgIpc) is 2.57. The Balaban J connectivity index is 1.71. The van der Waals surface area contributed by atoms with Crippen LogP contribution in [0.2, 0.25) is 0 Å². The predicted molar refractivity (Wildman–Crippen MR) is 99.2 cm³/mol. The van der Waals surface area contributed by atoms with Gasteiger partial charge in [0.1, 0.15) is 6.61 Å². The van der Waals surface area contributed by atoms with Gasteiger partial charge in [0.2, 0.25) is 5.91 Å². The molecule has 0 aliphatic carbocycles. The molecule has 1 aromatic rings. The standard InChI is InChI=1S/C20H32N2O3/c1-16-10-17(2)13-22(12-16)14-19-6-4-18(5-7-19)11-21-20(23)15-25-9-8-24-3/h4-7,16-17H,8-15H2,1-3H3,(H,21,23)/t16-,17+. The molecule has 5 nitrogen and oxygen atoms in total. The molecule has 0 unspecified atom stereocenters. The van der Waals surface area contributed by atoms with Crippen LogP contribution in [0.3, 0.4) is 0 Å². The fourth-order valence-corrected chi connectivity index (χ4v) is 3.50. The van der Waals surface area contributed by atoms with Crippen molar-refractivity contribution in [1.29, 1.82) is 0 Å². The highest BCUT2D eigenvalue weighted by Crippen LogP contribution is 2.22. The van der Waals surface area contributed by atoms with Crippen molar-refractivity contribution in [2.45, 2.75) is 33.4 Å². The minimum atomic E-state index is -0.100. The van der Waals surface area contributed by atoms with Gasteiger partial charge in [-0.25, -0.2) is 0 Å². The molecule has 1 N–H and O–H groups in total. The van der Waals surface area contributed by atoms with Crippen LogP contribution in [0, 0.1) is 11.8 Å². The summed E-state index contributed by atoms with van der Waals surface area (Å²) >= 11 is 0. The molecule has 5 heteroatoms. The van der Waals surface area contributed by atoms with Crippen molar-refractivity contribution in [3.8, 4) is 0 Å². The lowest BCUT2D eigenvalue weighted by atomic mass is 9.91. The van der Waals surface area contributed by atoms with E-state index in [0.29, 0.717) is 19.8 Å². The van der Waals surface area contributed by atoms with Crippen LogP contribution in [0.25, 0.3) is 0 Å². The molecule has 1 fully saturated rings. The first-order valence-electron chi connectivity index (χ1n) is 9.20. The molecule has 2 rings (SSSR count). The molecule has 1 heterocycles. The van der Waals surface area contributed by atoms with Crippen LogP contribution in [0.4, 0.5) is 0 Å². The zero-order chi connectivity index (χ0) is 18.1. The van der Waals surface area contributed by atoms with Crippen molar-refractivity contribution in [2.75, 3.05) is 40.0 Å². The number of nitrogens with zero attached hydrogens (tertiary/aromatic N) is 1. The third kappa shape index (κ3) is 7.55. The smallest absolute Gasteiger partial charge is 0.246 e. The zero-order valence-electron chi connectivity index (χ0n) is 15.8. The fraction of sp³-hybridized carbons (Fsp3) is 0.650. The van der Waals surface area contributed by atoms with Crippen molar-refractivity contribution >= 4 is 5.91 Å². The lowest BCUT2D eigenvalue weighted by Crippen LogP contribution is -2.38. The Bertz CT molecular complexity index is 508. The molecule has 0 spiro atoms. The summed E-state index contributed by atoms with van der Waals surface area (Å²) in [5, 5.41) is 2.87. The van der Waals surface area contributed by atoms with Gasteiger partial charge in [-0.05, 0) is 29.4 Å². The van der Waals surface area contributed by atoms with Gasteiger partial charge in [-0.1, -0.05) is 38.1 Å². The van der Waals surface area contributed by atoms with E-state index in [0.717, 1.165) is 23.9 Å². The summed E-state index contributed by atoms with van der Waals surface area (Å²) in [6, 6.07) is 8.53. The van der Waals surface area contributed by atoms with Gasteiger partial charge < -0.3 is 14.8 Å². The number of rotatable bonds is 9. The summed E-state index contributed by atoms with van der Waals surface area (Å²) in [5.41, 5.74) is 2.44. The van der Waals surface area contributed by atoms with Gasteiger partial charge in [0.25, 0.3) is 0 Å². The molecule has 0 bridgehead atoms. The van der Waals surface area contributed by atoms with Crippen LogP contribution in [0.1, 0.15) is 31.4 Å². The lowest BCUT2D eigenvalue weighted by molar-refractivity contribution is -0.126. The Kier molecular flexibility index (Phi) is 8.38. The Morgan fingerprint density at radius 2 is 1.76 bits per heavy atom. The molecule has 0 radical (unpaired) electrons. The minimum absolute atomic E-state index is 0.0762. The highest BCUT2D eigenvalue weighted by atomic mass is 16.5. The van der Waals surface area contributed by atoms with Gasteiger partial charge in [-0.2, -0.15) is 0 Å². The molecule has 1 saturated heterocycles. The highest BCUT2D eigenvalue weighted by molar-refractivity contribution is 5.77. The number of likely N-dealkylation sites (tertiary alicyclic amines) is 1. The summed E-state index contributed by atoms with van der Waals surface area (Å²) in [7, 11) is 1.61. The Labute approximate surface area is 151 Å². The van der Waals surface area contributed by atoms with Crippen LogP contribution in [0.15, 0.2) is 24.3 Å². The monoisotopic (exact) mass is 348 g/mol. The van der Waals surface area contributed by atoms with Crippen molar-refractivity contribution in [1.82, 2.24) is 10.2 Å². The second-order valence-electron chi connectivity index (χ2n) is 7.28. The van der Waals surface area contributed by atoms with Crippen LogP contribution < -0.4 is 5.32 Å². The normalized spacial score (nSPS) is 21.2. The summed E-state index contributed by atoms with van der Waals surface area (Å²) in [6.45, 7) is 9.61. The summed E-state index contributed by atoms with van der Waals surface area (Å²) in [4.78, 5) is 14.2. The van der Waals surface area contributed by atoms with Crippen LogP contribution in [0.5, 0.6) is 0 Å². The Morgan fingerprint density at radius 1 is 1.12 bits per heavy atom. The first kappa shape index (κ1) is 19.9. The van der Waals surface area contributed by atoms with E-state index in [1.807, 2.05) is 0 Å². The van der Waals surface area contributed by atoms with Gasteiger partial charge in [0, 0.05) is 33.3 Å². The van der Waals surface area contributed by atoms with Crippen LogP contribution >= 0.6 is 0 Å². The molecular weight excluding hydrogens is 316 g/mol. The number of benzene rings is 1. The number of amides is 1. The number of piperidine rings is 1. The third-order valence-corrected chi connectivity index (χ3v) is 4.53. The second-order valence-corrected chi connectivity index (χ2v) is 7.28. The quantitative estimate of drug-likeness (QED) is 0.697. The van der Waals surface area contributed by atoms with Gasteiger partial charge in [0.15, 0.2) is 0 Å². The van der Waals surface area contributed by atoms with E-state index < -0.39 is 0 Å². The second kappa shape index (κ2) is 10.5. The van der Waals surface area contributed by atoms with Crippen molar-refractivity contribution in [3.05, 3.63) is 35.4 Å². The van der Waals surface area contributed by atoms with Crippen molar-refractivity contribution in [3.63, 3.8) is 0 Å². The first-order chi connectivity index (χ1) is 12.1. The van der Waals surface area contributed by atoms with E-state index in [4.69, 9.17) is 9.47 Å². The lowest BCUT2D eigenvalue weighted by Gasteiger charge is -2.35. The van der Waals surface area contributed by atoms with Crippen LogP contribution in [-0.4, -0.2) is 50.8 Å². The van der Waals surface area contributed by atoms with Gasteiger partial charge in [-0.15, -0.1) is 0 Å². The number of carbonyl (C=O) groups excluding carboxylic acids is 1. The maximum absolute atomic E-state index is 11.7. The maximum atomic E-state index is 11.7. The molecule has 1 amide bonds. The minimum Gasteiger partial charge on any atom is -0.382 e. The first-order valence-corrected chi connectivity index (χ1v) is 9.20. The SMILES string of the molecule is COCCOCC(=O)NCc1ccc(CN2C[C@H](C)C[C@H](C)C2)cc1. The number of carbonyl (C=O) groups is 1. The van der Waals surface area contributed by atoms with E-state index in [9.17, 15) is 4.79 Å². The third-order valence-electron chi connectivity index (χ3n) is 4.53. The van der Waals surface area contributed by atoms with Crippen LogP contribution in [-0.2, 0) is 27.4 Å². The zero-order valence-corrected chi connectivity index (χ0v) is 15.8. The molecule has 1 aromatic carbocycles. The predicted octanol–water partition coefficient (Wildman–Crippen LogP) is 2.44. The van der Waals surface area contributed by atoms with Crippen molar-refractivity contribution in [2.24, 2.45) is 11.8 Å². The summed E-state index contributed by atoms with van der Waals surface area (Å²) in [6.07, 6.45) is 1.34. The Hall–Kier alpha value is -1.43. The maximum Gasteiger partial charge on any atom is 0.246 e. The number of ether oxygens (including phenoxy) is 2. The van der Waals surface area contributed by atoms with E-state index in [2.05, 4.69) is 48.3 Å². The fourth-order valence-electron chi connectivity index (χ4n) is 3.50. The molecule has 1 aliphatic rings. The number of hydrogen-bond acceptors (Lipinski definition) is 4. The molecule has 25 heavy (non-hydrogen) atoms. The van der Waals surface area contributed by atoms with Gasteiger partial charge in [0.05, 0.1) is 13.2 Å². The molecule has 2 atom stereocenters. The van der Waals surface area contributed by atoms with E-state index in [1.165, 1.54) is 25.1 Å². The van der Waals surface area contributed by atoms with E-state index >= 15 is 0 Å². The molecule has 140 valence electrons. The summed E-state index contributed by atoms with van der Waals surface area (Å²) in [5.74, 6) is 1.46. The van der Waals surface area contributed by atoms with Crippen molar-refractivity contribution < 1.29 is 14.3 Å². The topological polar surface area (TPSA) is 50.8 Å². The van der Waals surface area contributed by atoms with E-state index in [1.54, 1.807) is 7.11 Å². The highest BCUT2D eigenvalue weighted by Gasteiger charge is 2.21. The molecule has 1 aliphatic heterocycles. The van der Waals surface area contributed by atoms with Gasteiger partial charge >= 0.3 is 0 Å². The van der Waals surface area contributed by atoms with E-state index in [-0.39, 0.29) is 12.5 Å². The number of hydrogen-bond donors (Lipinski definition) is 1. The largest absolute Gasteiger partial charge is 0.382 e. The Morgan fingerprint density at radius 3 is 2.40 bits per heavy atom. The average molecular weight is 348 g/mol. The summed E-state index contributed by atoms with van der Waals surface area (Å²) < 4.78 is 10.1. The van der Waals surface area contributed by atoms with Gasteiger partial charge in [-0.3, -0.25) is 9.69 Å². The molecular formula is C20H32N2O3. The number of methoxy groups -OCH3 is 1. The molecule has 0 saturated carbocycles. The number of nitrogens with one attached hydrogen (secondary N) is 1. The molecule has 0 aromatic heterocycles.